The first kappa shape index (κ1) is 22.4. The number of nitrogens with one attached hydrogen (secondary N) is 1. The van der Waals surface area contributed by atoms with Gasteiger partial charge in [-0.15, -0.1) is 0 Å². The summed E-state index contributed by atoms with van der Waals surface area (Å²) in [5.74, 6) is 0.500. The molecule has 0 saturated heterocycles. The molecular weight excluding hydrogens is 451 g/mol. The number of pyridine rings is 1. The van der Waals surface area contributed by atoms with Crippen molar-refractivity contribution in [2.75, 3.05) is 31.1 Å². The number of hydrogen-bond donors (Lipinski definition) is 1. The Bertz CT molecular complexity index is 1140. The lowest BCUT2D eigenvalue weighted by Gasteiger charge is -2.10. The summed E-state index contributed by atoms with van der Waals surface area (Å²) in [6.07, 6.45) is 1.53. The number of esters is 1. The third kappa shape index (κ3) is 6.13. The van der Waals surface area contributed by atoms with Crippen molar-refractivity contribution in [1.82, 2.24) is 4.98 Å². The molecule has 1 aliphatic heterocycles. The third-order valence-electron chi connectivity index (χ3n) is 4.39. The lowest BCUT2D eigenvalue weighted by Crippen LogP contribution is -2.16. The van der Waals surface area contributed by atoms with E-state index in [0.717, 1.165) is 11.8 Å². The minimum Gasteiger partial charge on any atom is -0.490 e. The quantitative estimate of drug-likeness (QED) is 0.286. The Morgan fingerprint density at radius 1 is 1.06 bits per heavy atom. The zero-order chi connectivity index (χ0) is 23.0. The van der Waals surface area contributed by atoms with Crippen LogP contribution >= 0.6 is 11.8 Å². The van der Waals surface area contributed by atoms with Crippen molar-refractivity contribution in [2.45, 2.75) is 5.03 Å². The minimum atomic E-state index is -0.579. The molecule has 4 rings (SSSR count). The van der Waals surface area contributed by atoms with Crippen molar-refractivity contribution >= 4 is 29.3 Å². The second kappa shape index (κ2) is 10.7. The molecular formula is C23H19FN2O6S. The summed E-state index contributed by atoms with van der Waals surface area (Å²) < 4.78 is 34.1. The lowest BCUT2D eigenvalue weighted by atomic mass is 10.3. The maximum absolute atomic E-state index is 12.9. The standard InChI is InChI=1S/C23H19FN2O6S/c24-15-3-6-17(7-4-15)29-10-11-30-23(28)18-2-1-9-25-22(18)33-13-21(27)26-16-5-8-19-20(12-16)32-14-31-19/h1-9,12H,10-11,13-14H2,(H,26,27). The average molecular weight is 470 g/mol. The highest BCUT2D eigenvalue weighted by Gasteiger charge is 2.17. The number of amides is 1. The molecule has 0 spiro atoms. The van der Waals surface area contributed by atoms with Gasteiger partial charge >= 0.3 is 5.97 Å². The highest BCUT2D eigenvalue weighted by molar-refractivity contribution is 8.00. The van der Waals surface area contributed by atoms with Crippen molar-refractivity contribution in [3.8, 4) is 17.2 Å². The van der Waals surface area contributed by atoms with Crippen LogP contribution in [-0.4, -0.2) is 42.6 Å². The van der Waals surface area contributed by atoms with Crippen LogP contribution in [0.2, 0.25) is 0 Å². The number of ether oxygens (including phenoxy) is 4. The largest absolute Gasteiger partial charge is 0.490 e. The monoisotopic (exact) mass is 470 g/mol. The average Bonchev–Trinajstić information content (AvgIpc) is 3.30. The highest BCUT2D eigenvalue weighted by Crippen LogP contribution is 2.34. The molecule has 1 amide bonds. The summed E-state index contributed by atoms with van der Waals surface area (Å²) in [5.41, 5.74) is 0.826. The molecule has 3 aromatic rings. The Kier molecular flexibility index (Phi) is 7.26. The van der Waals surface area contributed by atoms with E-state index in [-0.39, 0.29) is 43.0 Å². The Hall–Kier alpha value is -3.79. The first-order valence-electron chi connectivity index (χ1n) is 9.91. The third-order valence-corrected chi connectivity index (χ3v) is 5.39. The molecule has 0 radical (unpaired) electrons. The highest BCUT2D eigenvalue weighted by atomic mass is 32.2. The molecule has 2 heterocycles. The van der Waals surface area contributed by atoms with E-state index >= 15 is 0 Å². The van der Waals surface area contributed by atoms with Crippen LogP contribution in [0.4, 0.5) is 10.1 Å². The van der Waals surface area contributed by atoms with Gasteiger partial charge in [0.25, 0.3) is 0 Å². The number of aromatic nitrogens is 1. The van der Waals surface area contributed by atoms with Gasteiger partial charge in [-0.2, -0.15) is 0 Å². The van der Waals surface area contributed by atoms with E-state index in [1.54, 1.807) is 30.3 Å². The van der Waals surface area contributed by atoms with Gasteiger partial charge in [-0.25, -0.2) is 14.2 Å². The molecule has 2 aromatic carbocycles. The molecule has 10 heteroatoms. The molecule has 33 heavy (non-hydrogen) atoms. The van der Waals surface area contributed by atoms with Crippen LogP contribution in [-0.2, 0) is 9.53 Å². The van der Waals surface area contributed by atoms with Gasteiger partial charge in [-0.1, -0.05) is 11.8 Å². The van der Waals surface area contributed by atoms with E-state index in [1.807, 2.05) is 0 Å². The van der Waals surface area contributed by atoms with Gasteiger partial charge in [0.05, 0.1) is 11.3 Å². The zero-order valence-corrected chi connectivity index (χ0v) is 18.1. The molecule has 170 valence electrons. The molecule has 0 aliphatic carbocycles. The summed E-state index contributed by atoms with van der Waals surface area (Å²) in [6.45, 7) is 0.261. The molecule has 1 aromatic heterocycles. The van der Waals surface area contributed by atoms with Gasteiger partial charge < -0.3 is 24.3 Å². The summed E-state index contributed by atoms with van der Waals surface area (Å²) in [5, 5.41) is 3.15. The number of anilines is 1. The Morgan fingerprint density at radius 3 is 2.73 bits per heavy atom. The number of benzene rings is 2. The lowest BCUT2D eigenvalue weighted by molar-refractivity contribution is -0.113. The van der Waals surface area contributed by atoms with Crippen molar-refractivity contribution in [3.63, 3.8) is 0 Å². The van der Waals surface area contributed by atoms with Crippen molar-refractivity contribution in [1.29, 1.82) is 0 Å². The number of carbonyl (C=O) groups excluding carboxylic acids is 2. The molecule has 0 unspecified atom stereocenters. The summed E-state index contributed by atoms with van der Waals surface area (Å²) in [4.78, 5) is 29.0. The van der Waals surface area contributed by atoms with E-state index in [4.69, 9.17) is 18.9 Å². The molecule has 8 nitrogen and oxygen atoms in total. The van der Waals surface area contributed by atoms with Crippen molar-refractivity contribution in [3.05, 3.63) is 72.2 Å². The van der Waals surface area contributed by atoms with Gasteiger partial charge in [-0.3, -0.25) is 4.79 Å². The van der Waals surface area contributed by atoms with E-state index in [1.165, 1.54) is 30.5 Å². The molecule has 0 bridgehead atoms. The topological polar surface area (TPSA) is 96.0 Å². The number of carbonyl (C=O) groups is 2. The van der Waals surface area contributed by atoms with E-state index in [9.17, 15) is 14.0 Å². The number of hydrogen-bond acceptors (Lipinski definition) is 8. The van der Waals surface area contributed by atoms with Crippen LogP contribution in [0.15, 0.2) is 65.8 Å². The van der Waals surface area contributed by atoms with Crippen LogP contribution < -0.4 is 19.5 Å². The van der Waals surface area contributed by atoms with E-state index < -0.39 is 5.97 Å². The molecule has 1 aliphatic rings. The van der Waals surface area contributed by atoms with Crippen LogP contribution in [0.3, 0.4) is 0 Å². The van der Waals surface area contributed by atoms with Crippen LogP contribution in [0, 0.1) is 5.82 Å². The van der Waals surface area contributed by atoms with Gasteiger partial charge in [0.2, 0.25) is 12.7 Å². The second-order valence-corrected chi connectivity index (χ2v) is 7.66. The predicted molar refractivity (Wildman–Crippen MR) is 118 cm³/mol. The molecule has 0 atom stereocenters. The van der Waals surface area contributed by atoms with Gasteiger partial charge in [0.15, 0.2) is 11.5 Å². The predicted octanol–water partition coefficient (Wildman–Crippen LogP) is 3.92. The summed E-state index contributed by atoms with van der Waals surface area (Å²) in [7, 11) is 0. The van der Waals surface area contributed by atoms with Gasteiger partial charge in [0, 0.05) is 18.0 Å². The second-order valence-electron chi connectivity index (χ2n) is 6.70. The fourth-order valence-corrected chi connectivity index (χ4v) is 3.65. The first-order chi connectivity index (χ1) is 16.1. The van der Waals surface area contributed by atoms with Crippen molar-refractivity contribution < 1.29 is 32.9 Å². The van der Waals surface area contributed by atoms with Gasteiger partial charge in [-0.05, 0) is 48.5 Å². The number of fused-ring (bicyclic) bond motifs is 1. The number of nitrogens with zero attached hydrogens (tertiary/aromatic N) is 1. The van der Waals surface area contributed by atoms with E-state index in [0.29, 0.717) is 28.0 Å². The van der Waals surface area contributed by atoms with Crippen molar-refractivity contribution in [2.24, 2.45) is 0 Å². The Labute approximate surface area is 193 Å². The number of thioether (sulfide) groups is 1. The smallest absolute Gasteiger partial charge is 0.341 e. The van der Waals surface area contributed by atoms with Crippen LogP contribution in [0.25, 0.3) is 0 Å². The van der Waals surface area contributed by atoms with Gasteiger partial charge in [0.1, 0.15) is 29.8 Å². The zero-order valence-electron chi connectivity index (χ0n) is 17.3. The fraction of sp³-hybridized carbons (Fsp3) is 0.174. The van der Waals surface area contributed by atoms with Crippen LogP contribution in [0.1, 0.15) is 10.4 Å². The molecule has 0 saturated carbocycles. The molecule has 1 N–H and O–H groups in total. The SMILES string of the molecule is O=C(CSc1ncccc1C(=O)OCCOc1ccc(F)cc1)Nc1ccc2c(c1)OCO2. The fourth-order valence-electron chi connectivity index (χ4n) is 2.87. The maximum Gasteiger partial charge on any atom is 0.341 e. The summed E-state index contributed by atoms with van der Waals surface area (Å²) in [6, 6.07) is 13.8. The maximum atomic E-state index is 12.9. The first-order valence-corrected chi connectivity index (χ1v) is 10.9. The normalized spacial score (nSPS) is 11.7. The minimum absolute atomic E-state index is 0.000188. The number of rotatable bonds is 9. The van der Waals surface area contributed by atoms with E-state index in [2.05, 4.69) is 10.3 Å². The summed E-state index contributed by atoms with van der Waals surface area (Å²) >= 11 is 1.12. The van der Waals surface area contributed by atoms with Crippen LogP contribution in [0.5, 0.6) is 17.2 Å². The molecule has 0 fully saturated rings. The Morgan fingerprint density at radius 2 is 1.88 bits per heavy atom. The number of halogens is 1. The Balaban J connectivity index is 1.26.